The third kappa shape index (κ3) is 10.5. The van der Waals surface area contributed by atoms with E-state index in [2.05, 4.69) is 19.2 Å². The number of unbranched alkanes of at least 4 members (excludes halogenated alkanes) is 2. The molecule has 1 saturated heterocycles. The highest BCUT2D eigenvalue weighted by atomic mass is 19.1. The van der Waals surface area contributed by atoms with Crippen LogP contribution in [0.3, 0.4) is 0 Å². The van der Waals surface area contributed by atoms with Crippen LogP contribution in [0.2, 0.25) is 0 Å². The first-order chi connectivity index (χ1) is 31.2. The Balaban J connectivity index is 1.45. The molecular formula is C49H58FN3O11. The molecule has 0 bridgehead atoms. The molecule has 7 rings (SSSR count). The van der Waals surface area contributed by atoms with Gasteiger partial charge in [-0.05, 0) is 104 Å². The van der Waals surface area contributed by atoms with Gasteiger partial charge in [0.15, 0.2) is 0 Å². The monoisotopic (exact) mass is 883 g/mol. The third-order valence-corrected chi connectivity index (χ3v) is 12.6. The van der Waals surface area contributed by atoms with Crippen LogP contribution in [-0.4, -0.2) is 83.0 Å². The van der Waals surface area contributed by atoms with Crippen LogP contribution in [-0.2, 0) is 20.9 Å². The van der Waals surface area contributed by atoms with E-state index >= 15 is 0 Å². The molecule has 0 aromatic heterocycles. The lowest BCUT2D eigenvalue weighted by atomic mass is 9.55. The number of nitro benzene ring substituents is 1. The number of halogens is 1. The molecule has 2 aliphatic carbocycles. The van der Waals surface area contributed by atoms with E-state index < -0.39 is 40.9 Å². The molecule has 2 N–H and O–H groups in total. The Labute approximate surface area is 373 Å². The minimum absolute atomic E-state index is 0.00241. The fraction of sp³-hybridized carbons (Fsp3) is 0.469. The van der Waals surface area contributed by atoms with Crippen LogP contribution in [0.5, 0.6) is 17.2 Å². The van der Waals surface area contributed by atoms with Gasteiger partial charge in [-0.3, -0.25) is 15.0 Å². The second kappa shape index (κ2) is 21.8. The molecule has 3 aromatic carbocycles. The van der Waals surface area contributed by atoms with E-state index in [1.807, 2.05) is 18.2 Å². The number of non-ortho nitro benzene ring substituents is 1. The summed E-state index contributed by atoms with van der Waals surface area (Å²) < 4.78 is 46.8. The Morgan fingerprint density at radius 2 is 1.70 bits per heavy atom. The molecule has 4 aliphatic rings. The number of carbonyl (C=O) groups excluding carboxylic acids is 1. The summed E-state index contributed by atoms with van der Waals surface area (Å²) in [5, 5.41) is 36.3. The predicted octanol–water partition coefficient (Wildman–Crippen LogP) is 9.16. The van der Waals surface area contributed by atoms with Gasteiger partial charge in [0, 0.05) is 56.2 Å². The topological polar surface area (TPSA) is 172 Å². The number of oxime groups is 1. The molecule has 2 aliphatic heterocycles. The molecule has 0 spiro atoms. The minimum atomic E-state index is -1.62. The van der Waals surface area contributed by atoms with Crippen LogP contribution in [0.25, 0.3) is 0 Å². The quantitative estimate of drug-likeness (QED) is 0.0452. The summed E-state index contributed by atoms with van der Waals surface area (Å²) in [4.78, 5) is 33.7. The summed E-state index contributed by atoms with van der Waals surface area (Å²) in [6.07, 6.45) is 10.9. The van der Waals surface area contributed by atoms with Crippen LogP contribution in [0.1, 0.15) is 81.3 Å². The van der Waals surface area contributed by atoms with Crippen molar-refractivity contribution in [3.8, 4) is 17.2 Å². The molecule has 64 heavy (non-hydrogen) atoms. The Morgan fingerprint density at radius 1 is 0.969 bits per heavy atom. The zero-order valence-electron chi connectivity index (χ0n) is 36.1. The number of benzene rings is 3. The number of carbonyl (C=O) groups is 1. The van der Waals surface area contributed by atoms with Gasteiger partial charge in [-0.1, -0.05) is 54.9 Å². The third-order valence-electron chi connectivity index (χ3n) is 12.6. The van der Waals surface area contributed by atoms with E-state index in [0.717, 1.165) is 49.7 Å². The number of hydrogen-bond donors (Lipinski definition) is 2. The van der Waals surface area contributed by atoms with E-state index in [9.17, 15) is 29.5 Å². The summed E-state index contributed by atoms with van der Waals surface area (Å²) in [6.45, 7) is 8.69. The van der Waals surface area contributed by atoms with Crippen molar-refractivity contribution < 1.29 is 52.8 Å². The number of nitro groups is 1. The molecule has 342 valence electrons. The molecular weight excluding hydrogens is 826 g/mol. The first-order valence-corrected chi connectivity index (χ1v) is 22.3. The molecule has 2 heterocycles. The highest BCUT2D eigenvalue weighted by molar-refractivity contribution is 6.03. The van der Waals surface area contributed by atoms with Crippen LogP contribution in [0, 0.1) is 33.7 Å². The highest BCUT2D eigenvalue weighted by Crippen LogP contribution is 2.62. The number of nitrogens with zero attached hydrogens (tertiary/aromatic N) is 3. The second-order valence-corrected chi connectivity index (χ2v) is 16.6. The number of rotatable bonds is 21. The van der Waals surface area contributed by atoms with E-state index in [1.165, 1.54) is 41.3 Å². The summed E-state index contributed by atoms with van der Waals surface area (Å²) in [5.41, 5.74) is 2.69. The average molecular weight is 884 g/mol. The number of hydrogen-bond acceptors (Lipinski definition) is 12. The summed E-state index contributed by atoms with van der Waals surface area (Å²) >= 11 is 0. The lowest BCUT2D eigenvalue weighted by Gasteiger charge is -2.59. The van der Waals surface area contributed by atoms with Gasteiger partial charge in [0.25, 0.3) is 5.69 Å². The molecule has 1 unspecified atom stereocenters. The van der Waals surface area contributed by atoms with Gasteiger partial charge in [0.05, 0.1) is 29.8 Å². The lowest BCUT2D eigenvalue weighted by molar-refractivity contribution is -0.384. The second-order valence-electron chi connectivity index (χ2n) is 16.6. The number of fused-ring (bicyclic) bond motifs is 2. The van der Waals surface area contributed by atoms with Crippen LogP contribution < -0.4 is 14.2 Å². The SMILES string of the molecule is C=CCOc1ccc2c(c1)[C@H]1[C@H](CCCCO)[C@@H](CCCCO)C=C3C(=NOC4CCCCO4)C[C@H](N(Cc4ccc(F)cc4)C(=O)Oc4ccc([N+](=O)[O-])cc4)[C@@](OCC=C)(O2)[C@H]31. The van der Waals surface area contributed by atoms with E-state index in [0.29, 0.717) is 48.6 Å². The molecule has 3 aromatic rings. The van der Waals surface area contributed by atoms with Crippen molar-refractivity contribution >= 4 is 17.5 Å². The standard InChI is InChI=1S/C49H58FN3O11/c1-3-26-59-38-22-23-43-41(30-38)46-39(12-6-9-25-55)34(11-5-8-24-54)29-40-42(51-64-45-13-7-10-28-60-45)31-44(49(63-43,47(40)46)61-27-4-2)52(32-33-14-16-35(50)17-15-33)48(56)62-37-20-18-36(19-21-37)53(57)58/h3-4,14-23,29-30,34,39,44-47,54-55H,1-2,5-13,24-28,31-32H2/t34-,39+,44-,45?,46+,47+,49+/m0/s1. The van der Waals surface area contributed by atoms with Gasteiger partial charge in [-0.15, -0.1) is 6.58 Å². The van der Waals surface area contributed by atoms with Crippen molar-refractivity contribution in [3.63, 3.8) is 0 Å². The van der Waals surface area contributed by atoms with Crippen LogP contribution in [0.15, 0.2) is 109 Å². The number of aliphatic hydroxyl groups is 2. The molecule has 7 atom stereocenters. The normalized spacial score (nSPS) is 25.2. The first-order valence-electron chi connectivity index (χ1n) is 22.3. The Kier molecular flexibility index (Phi) is 15.8. The van der Waals surface area contributed by atoms with Gasteiger partial charge in [0.1, 0.15) is 35.7 Å². The fourth-order valence-corrected chi connectivity index (χ4v) is 9.69. The molecule has 14 nitrogen and oxygen atoms in total. The minimum Gasteiger partial charge on any atom is -0.490 e. The summed E-state index contributed by atoms with van der Waals surface area (Å²) in [5.74, 6) is -1.85. The number of allylic oxidation sites excluding steroid dienone is 1. The van der Waals surface area contributed by atoms with Gasteiger partial charge in [0.2, 0.25) is 12.1 Å². The Morgan fingerprint density at radius 3 is 2.39 bits per heavy atom. The molecule has 2 fully saturated rings. The number of amides is 1. The molecule has 1 saturated carbocycles. The van der Waals surface area contributed by atoms with Crippen molar-refractivity contribution in [1.82, 2.24) is 4.90 Å². The Hall–Kier alpha value is -5.61. The zero-order chi connectivity index (χ0) is 45.1. The predicted molar refractivity (Wildman–Crippen MR) is 236 cm³/mol. The van der Waals surface area contributed by atoms with Gasteiger partial charge in [-0.25, -0.2) is 9.18 Å². The number of ether oxygens (including phenoxy) is 5. The maximum atomic E-state index is 15.0. The summed E-state index contributed by atoms with van der Waals surface area (Å²) in [7, 11) is 0. The van der Waals surface area contributed by atoms with E-state index in [4.69, 9.17) is 33.7 Å². The van der Waals surface area contributed by atoms with Gasteiger partial charge in [-0.2, -0.15) is 0 Å². The van der Waals surface area contributed by atoms with Crippen LogP contribution in [0.4, 0.5) is 14.9 Å². The molecule has 0 radical (unpaired) electrons. The Bertz CT molecular complexity index is 2140. The smallest absolute Gasteiger partial charge is 0.416 e. The zero-order valence-corrected chi connectivity index (χ0v) is 36.1. The van der Waals surface area contributed by atoms with Crippen molar-refractivity contribution in [3.05, 3.63) is 131 Å². The largest absolute Gasteiger partial charge is 0.490 e. The fourth-order valence-electron chi connectivity index (χ4n) is 9.69. The van der Waals surface area contributed by atoms with Crippen molar-refractivity contribution in [2.75, 3.05) is 33.0 Å². The number of aliphatic hydroxyl groups excluding tert-OH is 2. The van der Waals surface area contributed by atoms with Crippen molar-refractivity contribution in [2.45, 2.75) is 94.8 Å². The average Bonchev–Trinajstić information content (AvgIpc) is 3.31. The maximum absolute atomic E-state index is 15.0. The van der Waals surface area contributed by atoms with Crippen molar-refractivity contribution in [2.24, 2.45) is 22.9 Å². The van der Waals surface area contributed by atoms with Gasteiger partial charge < -0.3 is 38.7 Å². The maximum Gasteiger partial charge on any atom is 0.416 e. The van der Waals surface area contributed by atoms with E-state index in [1.54, 1.807) is 24.3 Å². The molecule has 15 heteroatoms. The summed E-state index contributed by atoms with van der Waals surface area (Å²) in [6, 6.07) is 15.7. The highest BCUT2D eigenvalue weighted by Gasteiger charge is 2.66. The van der Waals surface area contributed by atoms with E-state index in [-0.39, 0.29) is 68.6 Å². The molecule has 1 amide bonds. The van der Waals surface area contributed by atoms with Gasteiger partial charge >= 0.3 is 6.09 Å². The first kappa shape index (κ1) is 46.4. The van der Waals surface area contributed by atoms with Crippen molar-refractivity contribution in [1.29, 1.82) is 0 Å². The lowest BCUT2D eigenvalue weighted by Crippen LogP contribution is -2.70. The van der Waals surface area contributed by atoms with Crippen LogP contribution >= 0.6 is 0 Å².